The molecule has 0 bridgehead atoms. The minimum Gasteiger partial charge on any atom is -0.336 e. The van der Waals surface area contributed by atoms with Crippen molar-refractivity contribution < 1.29 is 26.4 Å². The predicted octanol–water partition coefficient (Wildman–Crippen LogP) is 4.28. The van der Waals surface area contributed by atoms with Gasteiger partial charge in [0, 0.05) is 37.6 Å². The minimum absolute atomic E-state index is 0.0699. The number of hydrogen-bond donors (Lipinski definition) is 0. The van der Waals surface area contributed by atoms with Crippen LogP contribution >= 0.6 is 11.8 Å². The van der Waals surface area contributed by atoms with Gasteiger partial charge in [0.25, 0.3) is 5.91 Å². The van der Waals surface area contributed by atoms with Gasteiger partial charge in [-0.15, -0.1) is 11.8 Å². The average Bonchev–Trinajstić information content (AvgIpc) is 3.32. The molecule has 1 saturated carbocycles. The zero-order valence-corrected chi connectivity index (χ0v) is 19.4. The fraction of sp³-hybridized carbons (Fsp3) is 0.455. The number of carbonyl (C=O) groups is 1. The van der Waals surface area contributed by atoms with Crippen LogP contribution in [-0.4, -0.2) is 59.9 Å². The topological polar surface area (TPSA) is 70.6 Å². The van der Waals surface area contributed by atoms with Crippen LogP contribution in [0.4, 0.5) is 13.2 Å². The van der Waals surface area contributed by atoms with E-state index in [4.69, 9.17) is 0 Å². The van der Waals surface area contributed by atoms with Crippen LogP contribution in [0, 0.1) is 0 Å². The highest BCUT2D eigenvalue weighted by molar-refractivity contribution is 8.00. The molecule has 4 rings (SSSR count). The number of pyridine rings is 1. The van der Waals surface area contributed by atoms with Crippen LogP contribution in [0.15, 0.2) is 52.5 Å². The molecule has 2 heterocycles. The maximum absolute atomic E-state index is 13.2. The number of amides is 1. The molecule has 0 atom stereocenters. The van der Waals surface area contributed by atoms with E-state index in [2.05, 4.69) is 4.98 Å². The molecule has 2 aromatic rings. The maximum atomic E-state index is 13.2. The summed E-state index contributed by atoms with van der Waals surface area (Å²) in [6.07, 6.45) is 1.72. The van der Waals surface area contributed by atoms with Crippen molar-refractivity contribution in [3.63, 3.8) is 0 Å². The molecule has 1 aromatic carbocycles. The molecule has 2 aliphatic rings. The summed E-state index contributed by atoms with van der Waals surface area (Å²) in [5.74, 6) is -0.185. The number of piperazine rings is 1. The Morgan fingerprint density at radius 1 is 1.00 bits per heavy atom. The SMILES string of the molecule is O=C(c1cccnc1SC1CCCC1)N1CCN(S(=O)(=O)c2ccc(C(F)(F)F)cc2)CC1. The van der Waals surface area contributed by atoms with Crippen molar-refractivity contribution >= 4 is 27.7 Å². The number of hydrogen-bond acceptors (Lipinski definition) is 5. The highest BCUT2D eigenvalue weighted by Crippen LogP contribution is 2.35. The first-order valence-electron chi connectivity index (χ1n) is 10.7. The molecule has 2 fully saturated rings. The number of thioether (sulfide) groups is 1. The summed E-state index contributed by atoms with van der Waals surface area (Å²) >= 11 is 1.63. The molecule has 0 unspecified atom stereocenters. The molecule has 0 spiro atoms. The first-order valence-corrected chi connectivity index (χ1v) is 13.1. The Kier molecular flexibility index (Phi) is 7.01. The molecule has 1 aromatic heterocycles. The van der Waals surface area contributed by atoms with Crippen molar-refractivity contribution in [2.24, 2.45) is 0 Å². The third kappa shape index (κ3) is 5.36. The van der Waals surface area contributed by atoms with Crippen molar-refractivity contribution in [3.8, 4) is 0 Å². The van der Waals surface area contributed by atoms with Crippen LogP contribution in [-0.2, 0) is 16.2 Å². The Morgan fingerprint density at radius 2 is 1.64 bits per heavy atom. The standard InChI is InChI=1S/C22H24F3N3O3S2/c23-22(24,25)16-7-9-18(10-8-16)33(30,31)28-14-12-27(13-15-28)21(29)19-6-3-11-26-20(19)32-17-4-1-2-5-17/h3,6-11,17H,1-2,4-5,12-15H2. The fourth-order valence-corrected chi connectivity index (χ4v) is 6.79. The van der Waals surface area contributed by atoms with Crippen LogP contribution in [0.3, 0.4) is 0 Å². The summed E-state index contributed by atoms with van der Waals surface area (Å²) in [5.41, 5.74) is -0.381. The lowest BCUT2D eigenvalue weighted by Gasteiger charge is -2.34. The van der Waals surface area contributed by atoms with Gasteiger partial charge in [-0.05, 0) is 49.2 Å². The zero-order chi connectivity index (χ0) is 23.6. The van der Waals surface area contributed by atoms with Gasteiger partial charge in [-0.25, -0.2) is 13.4 Å². The molecule has 11 heteroatoms. The summed E-state index contributed by atoms with van der Waals surface area (Å²) in [7, 11) is -3.95. The van der Waals surface area contributed by atoms with E-state index in [0.717, 1.165) is 37.1 Å². The number of rotatable bonds is 5. The predicted molar refractivity (Wildman–Crippen MR) is 118 cm³/mol. The van der Waals surface area contributed by atoms with E-state index in [1.54, 1.807) is 35.0 Å². The largest absolute Gasteiger partial charge is 0.416 e. The van der Waals surface area contributed by atoms with E-state index in [0.29, 0.717) is 15.8 Å². The molecule has 178 valence electrons. The second-order valence-electron chi connectivity index (χ2n) is 8.10. The van der Waals surface area contributed by atoms with Gasteiger partial charge in [0.15, 0.2) is 0 Å². The van der Waals surface area contributed by atoms with Crippen molar-refractivity contribution in [2.45, 2.75) is 47.0 Å². The van der Waals surface area contributed by atoms with Gasteiger partial charge in [-0.3, -0.25) is 4.79 Å². The Morgan fingerprint density at radius 3 is 2.24 bits per heavy atom. The van der Waals surface area contributed by atoms with Crippen molar-refractivity contribution in [1.29, 1.82) is 0 Å². The summed E-state index contributed by atoms with van der Waals surface area (Å²) in [6, 6.07) is 6.93. The van der Waals surface area contributed by atoms with Gasteiger partial charge in [-0.2, -0.15) is 17.5 Å². The molecule has 1 amide bonds. The molecular formula is C22H24F3N3O3S2. The lowest BCUT2D eigenvalue weighted by molar-refractivity contribution is -0.137. The number of sulfonamides is 1. The molecule has 1 aliphatic heterocycles. The third-order valence-electron chi connectivity index (χ3n) is 5.93. The number of alkyl halides is 3. The highest BCUT2D eigenvalue weighted by Gasteiger charge is 2.34. The first kappa shape index (κ1) is 24.0. The molecular weight excluding hydrogens is 475 g/mol. The lowest BCUT2D eigenvalue weighted by Crippen LogP contribution is -2.50. The van der Waals surface area contributed by atoms with E-state index < -0.39 is 21.8 Å². The Bertz CT molecular complexity index is 1090. The zero-order valence-electron chi connectivity index (χ0n) is 17.8. The number of benzene rings is 1. The second-order valence-corrected chi connectivity index (χ2v) is 11.3. The van der Waals surface area contributed by atoms with Gasteiger partial charge < -0.3 is 4.90 Å². The van der Waals surface area contributed by atoms with E-state index in [1.165, 1.54) is 17.1 Å². The van der Waals surface area contributed by atoms with E-state index in [-0.39, 0.29) is 37.0 Å². The number of carbonyl (C=O) groups excluding carboxylic acids is 1. The van der Waals surface area contributed by atoms with Crippen LogP contribution in [0.1, 0.15) is 41.6 Å². The third-order valence-corrected chi connectivity index (χ3v) is 9.19. The number of nitrogens with zero attached hydrogens (tertiary/aromatic N) is 3. The normalized spacial score (nSPS) is 18.6. The molecule has 0 radical (unpaired) electrons. The second kappa shape index (κ2) is 9.63. The van der Waals surface area contributed by atoms with Gasteiger partial charge >= 0.3 is 6.18 Å². The fourth-order valence-electron chi connectivity index (χ4n) is 4.08. The van der Waals surface area contributed by atoms with Gasteiger partial charge in [-0.1, -0.05) is 12.8 Å². The monoisotopic (exact) mass is 499 g/mol. The molecule has 33 heavy (non-hydrogen) atoms. The van der Waals surface area contributed by atoms with Crippen LogP contribution in [0.5, 0.6) is 0 Å². The van der Waals surface area contributed by atoms with Crippen LogP contribution < -0.4 is 0 Å². The Hall–Kier alpha value is -2.11. The summed E-state index contributed by atoms with van der Waals surface area (Å²) in [5, 5.41) is 1.16. The summed E-state index contributed by atoms with van der Waals surface area (Å²) < 4.78 is 65.2. The van der Waals surface area contributed by atoms with Gasteiger partial charge in [0.1, 0.15) is 5.03 Å². The smallest absolute Gasteiger partial charge is 0.336 e. The minimum atomic E-state index is -4.53. The molecule has 0 N–H and O–H groups in total. The van der Waals surface area contributed by atoms with Crippen LogP contribution in [0.2, 0.25) is 0 Å². The van der Waals surface area contributed by atoms with Crippen molar-refractivity contribution in [3.05, 3.63) is 53.7 Å². The summed E-state index contributed by atoms with van der Waals surface area (Å²) in [4.78, 5) is 19.0. The van der Waals surface area contributed by atoms with Gasteiger partial charge in [0.2, 0.25) is 10.0 Å². The van der Waals surface area contributed by atoms with E-state index in [1.807, 2.05) is 0 Å². The average molecular weight is 500 g/mol. The summed E-state index contributed by atoms with van der Waals surface area (Å²) in [6.45, 7) is 0.531. The van der Waals surface area contributed by atoms with Gasteiger partial charge in [0.05, 0.1) is 16.0 Å². The Balaban J connectivity index is 1.42. The van der Waals surface area contributed by atoms with Crippen molar-refractivity contribution in [1.82, 2.24) is 14.2 Å². The molecule has 1 saturated heterocycles. The Labute approximate surface area is 195 Å². The van der Waals surface area contributed by atoms with E-state index in [9.17, 15) is 26.4 Å². The quantitative estimate of drug-likeness (QED) is 0.614. The number of halogens is 3. The van der Waals surface area contributed by atoms with Crippen LogP contribution in [0.25, 0.3) is 0 Å². The highest BCUT2D eigenvalue weighted by atomic mass is 32.2. The maximum Gasteiger partial charge on any atom is 0.416 e. The molecule has 6 nitrogen and oxygen atoms in total. The first-order chi connectivity index (χ1) is 15.7. The van der Waals surface area contributed by atoms with Crippen molar-refractivity contribution in [2.75, 3.05) is 26.2 Å². The molecule has 1 aliphatic carbocycles. The number of aromatic nitrogens is 1. The van der Waals surface area contributed by atoms with E-state index >= 15 is 0 Å². The lowest BCUT2D eigenvalue weighted by atomic mass is 10.2.